The van der Waals surface area contributed by atoms with Crippen molar-refractivity contribution in [2.75, 3.05) is 26.9 Å². The number of carbonyl (C=O) groups is 1. The molecule has 1 N–H and O–H groups in total. The maximum Gasteiger partial charge on any atom is 0.262 e. The van der Waals surface area contributed by atoms with Gasteiger partial charge in [-0.05, 0) is 52.5 Å². The quantitative estimate of drug-likeness (QED) is 0.418. The van der Waals surface area contributed by atoms with Gasteiger partial charge in [-0.3, -0.25) is 4.79 Å². The molecule has 1 amide bonds. The van der Waals surface area contributed by atoms with Gasteiger partial charge in [0.1, 0.15) is 18.2 Å². The Morgan fingerprint density at radius 3 is 3.00 bits per heavy atom. The van der Waals surface area contributed by atoms with Crippen molar-refractivity contribution in [1.29, 1.82) is 5.26 Å². The molecule has 1 heterocycles. The summed E-state index contributed by atoms with van der Waals surface area (Å²) in [6.45, 7) is 1.20. The molecule has 2 rings (SSSR count). The monoisotopic (exact) mass is 418 g/mol. The minimum atomic E-state index is -0.439. The van der Waals surface area contributed by atoms with Crippen molar-refractivity contribution in [2.24, 2.45) is 0 Å². The van der Waals surface area contributed by atoms with E-state index in [1.807, 2.05) is 6.07 Å². The molecule has 1 aliphatic rings. The lowest BCUT2D eigenvalue weighted by molar-refractivity contribution is -0.117. The molecule has 1 aromatic carbocycles. The fourth-order valence-corrected chi connectivity index (χ4v) is 3.07. The Kier molecular flexibility index (Phi) is 7.53. The van der Waals surface area contributed by atoms with Crippen LogP contribution < -0.4 is 14.8 Å². The number of amides is 1. The summed E-state index contributed by atoms with van der Waals surface area (Å²) in [5.41, 5.74) is 0.611. The summed E-state index contributed by atoms with van der Waals surface area (Å²) in [5, 5.41) is 12.0. The number of methoxy groups -OCH3 is 1. The van der Waals surface area contributed by atoms with E-state index in [4.69, 9.17) is 20.6 Å². The van der Waals surface area contributed by atoms with Gasteiger partial charge < -0.3 is 19.5 Å². The first-order chi connectivity index (χ1) is 12.6. The summed E-state index contributed by atoms with van der Waals surface area (Å²) in [6.07, 6.45) is 8.61. The van der Waals surface area contributed by atoms with Gasteiger partial charge in [-0.25, -0.2) is 0 Å². The molecule has 1 unspecified atom stereocenters. The number of hydrogen-bond acceptors (Lipinski definition) is 5. The summed E-state index contributed by atoms with van der Waals surface area (Å²) in [5.74, 6) is 2.85. The highest BCUT2D eigenvalue weighted by molar-refractivity contribution is 9.10. The molecule has 7 heteroatoms. The Morgan fingerprint density at radius 2 is 2.38 bits per heavy atom. The van der Waals surface area contributed by atoms with Crippen LogP contribution in [0.15, 0.2) is 22.2 Å². The van der Waals surface area contributed by atoms with Gasteiger partial charge in [0, 0.05) is 13.2 Å². The Labute approximate surface area is 161 Å². The van der Waals surface area contributed by atoms with E-state index in [-0.39, 0.29) is 18.3 Å². The van der Waals surface area contributed by atoms with Gasteiger partial charge >= 0.3 is 0 Å². The molecule has 0 spiro atoms. The lowest BCUT2D eigenvalue weighted by atomic mass is 10.1. The third kappa shape index (κ3) is 5.26. The minimum Gasteiger partial charge on any atom is -0.493 e. The standard InChI is InChI=1S/C19H19BrN2O4/c1-3-6-26-18-16(20)9-13(10-17(18)24-2)8-14(11-21)19(23)22-12-15-5-4-7-25-15/h1,8-10,15H,4-7,12H2,2H3,(H,22,23). The third-order valence-electron chi connectivity index (χ3n) is 3.74. The highest BCUT2D eigenvalue weighted by Crippen LogP contribution is 2.37. The van der Waals surface area contributed by atoms with Crippen molar-refractivity contribution in [1.82, 2.24) is 5.32 Å². The Balaban J connectivity index is 2.16. The van der Waals surface area contributed by atoms with Crippen LogP contribution in [0.4, 0.5) is 0 Å². The number of nitrogens with one attached hydrogen (secondary N) is 1. The van der Waals surface area contributed by atoms with Crippen LogP contribution in [0, 0.1) is 23.7 Å². The summed E-state index contributed by atoms with van der Waals surface area (Å²) >= 11 is 3.39. The lowest BCUT2D eigenvalue weighted by Crippen LogP contribution is -2.32. The molecule has 1 saturated heterocycles. The molecule has 0 bridgehead atoms. The number of nitrogens with zero attached hydrogens (tertiary/aromatic N) is 1. The lowest BCUT2D eigenvalue weighted by Gasteiger charge is -2.12. The van der Waals surface area contributed by atoms with Crippen molar-refractivity contribution in [3.05, 3.63) is 27.7 Å². The zero-order valence-corrected chi connectivity index (χ0v) is 16.0. The molecular formula is C19H19BrN2O4. The molecule has 0 saturated carbocycles. The van der Waals surface area contributed by atoms with Crippen LogP contribution in [0.2, 0.25) is 0 Å². The molecule has 1 aliphatic heterocycles. The van der Waals surface area contributed by atoms with Crippen molar-refractivity contribution >= 4 is 27.9 Å². The van der Waals surface area contributed by atoms with E-state index in [2.05, 4.69) is 27.2 Å². The van der Waals surface area contributed by atoms with Crippen LogP contribution in [0.3, 0.4) is 0 Å². The summed E-state index contributed by atoms with van der Waals surface area (Å²) < 4.78 is 16.8. The summed E-state index contributed by atoms with van der Waals surface area (Å²) in [4.78, 5) is 12.2. The highest BCUT2D eigenvalue weighted by Gasteiger charge is 2.18. The molecule has 1 fully saturated rings. The first kappa shape index (κ1) is 19.8. The number of nitriles is 1. The predicted octanol–water partition coefficient (Wildman–Crippen LogP) is 2.67. The second kappa shape index (κ2) is 9.86. The normalized spacial score (nSPS) is 16.5. The highest BCUT2D eigenvalue weighted by atomic mass is 79.9. The Bertz CT molecular complexity index is 771. The van der Waals surface area contributed by atoms with Gasteiger partial charge in [0.25, 0.3) is 5.91 Å². The van der Waals surface area contributed by atoms with Gasteiger partial charge in [-0.15, -0.1) is 6.42 Å². The van der Waals surface area contributed by atoms with Gasteiger partial charge in [0.05, 0.1) is 17.7 Å². The maximum atomic E-state index is 12.2. The molecule has 136 valence electrons. The zero-order valence-electron chi connectivity index (χ0n) is 14.4. The minimum absolute atomic E-state index is 0.00533. The van der Waals surface area contributed by atoms with Crippen LogP contribution in [-0.2, 0) is 9.53 Å². The number of rotatable bonds is 7. The number of benzene rings is 1. The molecule has 1 atom stereocenters. The fourth-order valence-electron chi connectivity index (χ4n) is 2.50. The molecule has 6 nitrogen and oxygen atoms in total. The van der Waals surface area contributed by atoms with Gasteiger partial charge in [-0.1, -0.05) is 5.92 Å². The van der Waals surface area contributed by atoms with Crippen molar-refractivity contribution in [3.8, 4) is 29.9 Å². The van der Waals surface area contributed by atoms with E-state index in [0.717, 1.165) is 12.8 Å². The van der Waals surface area contributed by atoms with Crippen LogP contribution in [-0.4, -0.2) is 38.9 Å². The van der Waals surface area contributed by atoms with E-state index in [1.54, 1.807) is 12.1 Å². The fraction of sp³-hybridized carbons (Fsp3) is 0.368. The molecule has 0 aliphatic carbocycles. The Hall–Kier alpha value is -2.48. The van der Waals surface area contributed by atoms with Gasteiger partial charge in [-0.2, -0.15) is 5.26 Å². The average Bonchev–Trinajstić information content (AvgIpc) is 3.16. The Morgan fingerprint density at radius 1 is 1.58 bits per heavy atom. The van der Waals surface area contributed by atoms with E-state index >= 15 is 0 Å². The van der Waals surface area contributed by atoms with Gasteiger partial charge in [0.15, 0.2) is 11.5 Å². The largest absolute Gasteiger partial charge is 0.493 e. The predicted molar refractivity (Wildman–Crippen MR) is 101 cm³/mol. The van der Waals surface area contributed by atoms with Crippen LogP contribution in [0.5, 0.6) is 11.5 Å². The van der Waals surface area contributed by atoms with Crippen molar-refractivity contribution in [2.45, 2.75) is 18.9 Å². The van der Waals surface area contributed by atoms with Crippen molar-refractivity contribution in [3.63, 3.8) is 0 Å². The zero-order chi connectivity index (χ0) is 18.9. The second-order valence-corrected chi connectivity index (χ2v) is 6.40. The number of carbonyl (C=O) groups excluding carboxylic acids is 1. The number of halogens is 1. The average molecular weight is 419 g/mol. The topological polar surface area (TPSA) is 80.6 Å². The number of hydrogen-bond donors (Lipinski definition) is 1. The van der Waals surface area contributed by atoms with E-state index in [1.165, 1.54) is 13.2 Å². The number of terminal acetylenes is 1. The van der Waals surface area contributed by atoms with Crippen LogP contribution in [0.25, 0.3) is 6.08 Å². The maximum absolute atomic E-state index is 12.2. The second-order valence-electron chi connectivity index (χ2n) is 5.54. The van der Waals surface area contributed by atoms with E-state index in [9.17, 15) is 10.1 Å². The first-order valence-electron chi connectivity index (χ1n) is 8.04. The molecule has 0 radical (unpaired) electrons. The van der Waals surface area contributed by atoms with Crippen LogP contribution >= 0.6 is 15.9 Å². The smallest absolute Gasteiger partial charge is 0.262 e. The summed E-state index contributed by atoms with van der Waals surface area (Å²) in [7, 11) is 1.50. The first-order valence-corrected chi connectivity index (χ1v) is 8.83. The van der Waals surface area contributed by atoms with Crippen LogP contribution in [0.1, 0.15) is 18.4 Å². The van der Waals surface area contributed by atoms with E-state index in [0.29, 0.717) is 34.7 Å². The SMILES string of the molecule is C#CCOc1c(Br)cc(C=C(C#N)C(=O)NCC2CCCO2)cc1OC. The van der Waals surface area contributed by atoms with E-state index < -0.39 is 5.91 Å². The molecular weight excluding hydrogens is 400 g/mol. The molecule has 0 aromatic heterocycles. The molecule has 26 heavy (non-hydrogen) atoms. The number of ether oxygens (including phenoxy) is 3. The third-order valence-corrected chi connectivity index (χ3v) is 4.33. The van der Waals surface area contributed by atoms with Gasteiger partial charge in [0.2, 0.25) is 0 Å². The summed E-state index contributed by atoms with van der Waals surface area (Å²) in [6, 6.07) is 5.32. The molecule has 1 aromatic rings. The van der Waals surface area contributed by atoms with Crippen molar-refractivity contribution < 1.29 is 19.0 Å².